The Hall–Kier alpha value is -1.81. The van der Waals surface area contributed by atoms with E-state index in [1.165, 1.54) is 30.0 Å². The predicted octanol–water partition coefficient (Wildman–Crippen LogP) is 3.55. The second-order valence-electron chi connectivity index (χ2n) is 5.95. The van der Waals surface area contributed by atoms with E-state index in [2.05, 4.69) is 26.6 Å². The summed E-state index contributed by atoms with van der Waals surface area (Å²) in [5, 5.41) is 16.0. The maximum atomic E-state index is 11.9. The Morgan fingerprint density at radius 3 is 2.64 bits per heavy atom. The number of nitro groups is 1. The van der Waals surface area contributed by atoms with Crippen LogP contribution < -0.4 is 10.6 Å². The SMILES string of the molecule is CC(C)(C)OC(=O)NCCSCC(=O)Nc1cc([N+](=O)[O-])ccc1Br. The predicted molar refractivity (Wildman–Crippen MR) is 101 cm³/mol. The highest BCUT2D eigenvalue weighted by atomic mass is 79.9. The van der Waals surface area contributed by atoms with Crippen LogP contribution in [-0.4, -0.2) is 40.6 Å². The summed E-state index contributed by atoms with van der Waals surface area (Å²) in [5.74, 6) is 0.400. The largest absolute Gasteiger partial charge is 0.444 e. The number of anilines is 1. The maximum Gasteiger partial charge on any atom is 0.407 e. The summed E-state index contributed by atoms with van der Waals surface area (Å²) >= 11 is 4.56. The molecule has 2 amide bonds. The zero-order valence-corrected chi connectivity index (χ0v) is 16.5. The van der Waals surface area contributed by atoms with Crippen LogP contribution in [0.25, 0.3) is 0 Å². The van der Waals surface area contributed by atoms with Crippen molar-refractivity contribution in [2.24, 2.45) is 0 Å². The van der Waals surface area contributed by atoms with Gasteiger partial charge in [-0.2, -0.15) is 11.8 Å². The van der Waals surface area contributed by atoms with Crippen molar-refractivity contribution < 1.29 is 19.2 Å². The molecule has 0 aliphatic carbocycles. The molecule has 0 spiro atoms. The number of thioether (sulfide) groups is 1. The van der Waals surface area contributed by atoms with Crippen LogP contribution in [-0.2, 0) is 9.53 Å². The molecule has 0 fully saturated rings. The first-order valence-electron chi connectivity index (χ1n) is 7.37. The highest BCUT2D eigenvalue weighted by molar-refractivity contribution is 9.10. The van der Waals surface area contributed by atoms with E-state index in [0.29, 0.717) is 22.5 Å². The second kappa shape index (κ2) is 9.62. The summed E-state index contributed by atoms with van der Waals surface area (Å²) in [7, 11) is 0. The summed E-state index contributed by atoms with van der Waals surface area (Å²) in [6, 6.07) is 4.14. The molecular formula is C15H20BrN3O5S. The number of carbonyl (C=O) groups is 2. The van der Waals surface area contributed by atoms with Crippen molar-refractivity contribution in [1.82, 2.24) is 5.32 Å². The standard InChI is InChI=1S/C15H20BrN3O5S/c1-15(2,3)24-14(21)17-6-7-25-9-13(20)18-12-8-10(19(22)23)4-5-11(12)16/h4-5,8H,6-7,9H2,1-3H3,(H,17,21)(H,18,20). The van der Waals surface area contributed by atoms with Crippen LogP contribution in [0, 0.1) is 10.1 Å². The first kappa shape index (κ1) is 21.2. The summed E-state index contributed by atoms with van der Waals surface area (Å²) < 4.78 is 5.65. The molecule has 25 heavy (non-hydrogen) atoms. The number of rotatable bonds is 7. The van der Waals surface area contributed by atoms with Crippen molar-refractivity contribution >= 4 is 51.1 Å². The minimum absolute atomic E-state index is 0.104. The van der Waals surface area contributed by atoms with Crippen LogP contribution in [0.3, 0.4) is 0 Å². The average Bonchev–Trinajstić information content (AvgIpc) is 2.47. The number of ether oxygens (including phenoxy) is 1. The molecule has 0 aliphatic rings. The Balaban J connectivity index is 2.33. The fourth-order valence-electron chi connectivity index (χ4n) is 1.61. The fourth-order valence-corrected chi connectivity index (χ4v) is 2.61. The Morgan fingerprint density at radius 2 is 2.04 bits per heavy atom. The van der Waals surface area contributed by atoms with E-state index in [-0.39, 0.29) is 17.3 Å². The van der Waals surface area contributed by atoms with Gasteiger partial charge >= 0.3 is 6.09 Å². The van der Waals surface area contributed by atoms with Gasteiger partial charge in [-0.15, -0.1) is 0 Å². The molecule has 138 valence electrons. The number of nitrogens with one attached hydrogen (secondary N) is 2. The van der Waals surface area contributed by atoms with E-state index in [9.17, 15) is 19.7 Å². The van der Waals surface area contributed by atoms with Crippen LogP contribution in [0.2, 0.25) is 0 Å². The van der Waals surface area contributed by atoms with Gasteiger partial charge in [0.25, 0.3) is 5.69 Å². The van der Waals surface area contributed by atoms with E-state index in [1.54, 1.807) is 20.8 Å². The topological polar surface area (TPSA) is 111 Å². The third-order valence-electron chi connectivity index (χ3n) is 2.58. The highest BCUT2D eigenvalue weighted by Gasteiger charge is 2.15. The smallest absolute Gasteiger partial charge is 0.407 e. The molecule has 1 rings (SSSR count). The second-order valence-corrected chi connectivity index (χ2v) is 7.91. The van der Waals surface area contributed by atoms with Crippen molar-refractivity contribution in [2.75, 3.05) is 23.4 Å². The number of nitro benzene ring substituents is 1. The monoisotopic (exact) mass is 433 g/mol. The summed E-state index contributed by atoms with van der Waals surface area (Å²) in [4.78, 5) is 33.6. The minimum Gasteiger partial charge on any atom is -0.444 e. The van der Waals surface area contributed by atoms with Gasteiger partial charge in [0.15, 0.2) is 0 Å². The van der Waals surface area contributed by atoms with Crippen molar-refractivity contribution in [3.8, 4) is 0 Å². The number of alkyl carbamates (subject to hydrolysis) is 1. The number of amides is 2. The van der Waals surface area contributed by atoms with Gasteiger partial charge in [-0.1, -0.05) is 0 Å². The molecule has 0 bridgehead atoms. The van der Waals surface area contributed by atoms with Crippen LogP contribution in [0.4, 0.5) is 16.2 Å². The molecule has 0 saturated carbocycles. The Labute approximate surface area is 158 Å². The quantitative estimate of drug-likeness (QED) is 0.386. The molecule has 10 heteroatoms. The molecule has 8 nitrogen and oxygen atoms in total. The number of benzene rings is 1. The third kappa shape index (κ3) is 8.73. The molecule has 1 aromatic rings. The Morgan fingerprint density at radius 1 is 1.36 bits per heavy atom. The van der Waals surface area contributed by atoms with Crippen LogP contribution in [0.15, 0.2) is 22.7 Å². The lowest BCUT2D eigenvalue weighted by molar-refractivity contribution is -0.384. The first-order chi connectivity index (χ1) is 11.6. The van der Waals surface area contributed by atoms with Gasteiger partial charge in [0.1, 0.15) is 5.60 Å². The van der Waals surface area contributed by atoms with E-state index in [4.69, 9.17) is 4.74 Å². The minimum atomic E-state index is -0.553. The molecule has 0 radical (unpaired) electrons. The lowest BCUT2D eigenvalue weighted by atomic mass is 10.2. The van der Waals surface area contributed by atoms with Gasteiger partial charge in [-0.25, -0.2) is 4.79 Å². The third-order valence-corrected chi connectivity index (χ3v) is 4.23. The van der Waals surface area contributed by atoms with Gasteiger partial charge in [-0.05, 0) is 42.8 Å². The number of nitrogens with zero attached hydrogens (tertiary/aromatic N) is 1. The lowest BCUT2D eigenvalue weighted by Gasteiger charge is -2.19. The Bertz CT molecular complexity index is 649. The van der Waals surface area contributed by atoms with Crippen LogP contribution in [0.1, 0.15) is 20.8 Å². The van der Waals surface area contributed by atoms with Crippen molar-refractivity contribution in [1.29, 1.82) is 0 Å². The molecule has 0 unspecified atom stereocenters. The molecule has 0 aliphatic heterocycles. The number of hydrogen-bond donors (Lipinski definition) is 2. The molecule has 1 aromatic carbocycles. The molecule has 0 atom stereocenters. The van der Waals surface area contributed by atoms with Gasteiger partial charge in [0.05, 0.1) is 16.4 Å². The van der Waals surface area contributed by atoms with Crippen LogP contribution in [0.5, 0.6) is 0 Å². The zero-order chi connectivity index (χ0) is 19.0. The van der Waals surface area contributed by atoms with Gasteiger partial charge < -0.3 is 15.4 Å². The van der Waals surface area contributed by atoms with E-state index in [1.807, 2.05) is 0 Å². The normalized spacial score (nSPS) is 10.9. The van der Waals surface area contributed by atoms with E-state index >= 15 is 0 Å². The molecule has 2 N–H and O–H groups in total. The number of carbonyl (C=O) groups excluding carboxylic acids is 2. The average molecular weight is 434 g/mol. The zero-order valence-electron chi connectivity index (χ0n) is 14.1. The van der Waals surface area contributed by atoms with Gasteiger partial charge in [-0.3, -0.25) is 14.9 Å². The molecule has 0 aromatic heterocycles. The van der Waals surface area contributed by atoms with Crippen molar-refractivity contribution in [3.05, 3.63) is 32.8 Å². The number of halogens is 1. The number of hydrogen-bond acceptors (Lipinski definition) is 6. The lowest BCUT2D eigenvalue weighted by Crippen LogP contribution is -2.33. The first-order valence-corrected chi connectivity index (χ1v) is 9.31. The van der Waals surface area contributed by atoms with Gasteiger partial charge in [0, 0.05) is 28.9 Å². The summed E-state index contributed by atoms with van der Waals surface area (Å²) in [6.07, 6.45) is -0.502. The summed E-state index contributed by atoms with van der Waals surface area (Å²) in [5.41, 5.74) is -0.317. The summed E-state index contributed by atoms with van der Waals surface area (Å²) in [6.45, 7) is 5.69. The molecule has 0 saturated heterocycles. The number of non-ortho nitro benzene ring substituents is 1. The van der Waals surface area contributed by atoms with Gasteiger partial charge in [0.2, 0.25) is 5.91 Å². The van der Waals surface area contributed by atoms with E-state index < -0.39 is 16.6 Å². The van der Waals surface area contributed by atoms with E-state index in [0.717, 1.165) is 0 Å². The van der Waals surface area contributed by atoms with Crippen molar-refractivity contribution in [3.63, 3.8) is 0 Å². The fraction of sp³-hybridized carbons (Fsp3) is 0.467. The highest BCUT2D eigenvalue weighted by Crippen LogP contribution is 2.27. The Kier molecular flexibility index (Phi) is 8.17. The maximum absolute atomic E-state index is 11.9. The molecular weight excluding hydrogens is 414 g/mol. The van der Waals surface area contributed by atoms with Crippen molar-refractivity contribution in [2.45, 2.75) is 26.4 Å². The molecule has 0 heterocycles. The van der Waals surface area contributed by atoms with Crippen LogP contribution >= 0.6 is 27.7 Å².